The summed E-state index contributed by atoms with van der Waals surface area (Å²) in [5.74, 6) is 1.14. The molecule has 3 heterocycles. The predicted molar refractivity (Wildman–Crippen MR) is 112 cm³/mol. The maximum Gasteiger partial charge on any atom is 0.215 e. The van der Waals surface area contributed by atoms with E-state index in [2.05, 4.69) is 44.0 Å². The monoisotopic (exact) mass is 402 g/mol. The van der Waals surface area contributed by atoms with Gasteiger partial charge in [-0.05, 0) is 45.1 Å². The molecule has 7 nitrogen and oxygen atoms in total. The summed E-state index contributed by atoms with van der Waals surface area (Å²) >= 11 is 6.05. The van der Waals surface area contributed by atoms with Crippen LogP contribution >= 0.6 is 11.6 Å². The molecule has 8 heteroatoms. The van der Waals surface area contributed by atoms with Gasteiger partial charge in [-0.1, -0.05) is 11.6 Å². The lowest BCUT2D eigenvalue weighted by atomic mass is 9.96. The van der Waals surface area contributed by atoms with Gasteiger partial charge < -0.3 is 20.3 Å². The van der Waals surface area contributed by atoms with Crippen LogP contribution in [0.4, 0.5) is 17.2 Å². The van der Waals surface area contributed by atoms with Gasteiger partial charge in [0, 0.05) is 49.7 Å². The molecule has 0 bridgehead atoms. The average molecular weight is 403 g/mol. The number of pyridine rings is 1. The molecule has 0 aromatic carbocycles. The Morgan fingerprint density at radius 1 is 1.25 bits per heavy atom. The van der Waals surface area contributed by atoms with Gasteiger partial charge in [0.25, 0.3) is 0 Å². The molecule has 1 saturated heterocycles. The van der Waals surface area contributed by atoms with Gasteiger partial charge in [0.1, 0.15) is 6.10 Å². The van der Waals surface area contributed by atoms with Crippen molar-refractivity contribution >= 4 is 28.8 Å². The van der Waals surface area contributed by atoms with E-state index in [0.29, 0.717) is 23.1 Å². The summed E-state index contributed by atoms with van der Waals surface area (Å²) in [6.07, 6.45) is 7.99. The molecule has 2 aromatic heterocycles. The number of likely N-dealkylation sites (N-methyl/N-ethyl adjacent to an activating group) is 1. The topological polar surface area (TPSA) is 80.4 Å². The van der Waals surface area contributed by atoms with Gasteiger partial charge in [-0.15, -0.1) is 10.2 Å². The van der Waals surface area contributed by atoms with Crippen LogP contribution in [-0.2, 0) is 0 Å². The van der Waals surface area contributed by atoms with Crippen molar-refractivity contribution in [1.29, 1.82) is 0 Å². The third-order valence-electron chi connectivity index (χ3n) is 5.69. The highest BCUT2D eigenvalue weighted by Gasteiger charge is 2.28. The van der Waals surface area contributed by atoms with E-state index in [0.717, 1.165) is 56.9 Å². The fraction of sp³-hybridized carbons (Fsp3) is 0.550. The van der Waals surface area contributed by atoms with Crippen LogP contribution in [0, 0.1) is 0 Å². The minimum Gasteiger partial charge on any atom is -0.474 e. The van der Waals surface area contributed by atoms with Crippen LogP contribution in [0.3, 0.4) is 0 Å². The summed E-state index contributed by atoms with van der Waals surface area (Å²) in [4.78, 5) is 9.07. The molecule has 2 aliphatic rings. The number of aromatic nitrogens is 3. The van der Waals surface area contributed by atoms with Crippen LogP contribution in [0.25, 0.3) is 0 Å². The molecule has 2 N–H and O–H groups in total. The zero-order valence-corrected chi connectivity index (χ0v) is 17.0. The molecule has 150 valence electrons. The molecule has 2 aromatic rings. The van der Waals surface area contributed by atoms with E-state index in [1.807, 2.05) is 6.20 Å². The van der Waals surface area contributed by atoms with Crippen molar-refractivity contribution in [1.82, 2.24) is 15.2 Å². The van der Waals surface area contributed by atoms with Crippen LogP contribution in [-0.4, -0.2) is 47.0 Å². The molecule has 1 aliphatic heterocycles. The van der Waals surface area contributed by atoms with E-state index in [1.165, 1.54) is 12.1 Å². The smallest absolute Gasteiger partial charge is 0.215 e. The molecule has 1 aliphatic carbocycles. The Balaban J connectivity index is 1.50. The molecule has 0 radical (unpaired) electrons. The molecule has 28 heavy (non-hydrogen) atoms. The quantitative estimate of drug-likeness (QED) is 0.758. The van der Waals surface area contributed by atoms with Crippen molar-refractivity contribution in [2.75, 3.05) is 35.2 Å². The van der Waals surface area contributed by atoms with Gasteiger partial charge in [-0.3, -0.25) is 0 Å². The third-order valence-corrected chi connectivity index (χ3v) is 5.88. The fourth-order valence-electron chi connectivity index (χ4n) is 3.94. The first-order valence-electron chi connectivity index (χ1n) is 10.1. The molecule has 4 rings (SSSR count). The van der Waals surface area contributed by atoms with E-state index in [9.17, 15) is 0 Å². The lowest BCUT2D eigenvalue weighted by molar-refractivity contribution is 0.114. The van der Waals surface area contributed by atoms with Crippen molar-refractivity contribution < 1.29 is 4.74 Å². The summed E-state index contributed by atoms with van der Waals surface area (Å²) in [7, 11) is 0. The third kappa shape index (κ3) is 4.09. The Morgan fingerprint density at radius 2 is 2.11 bits per heavy atom. The number of hydrogen-bond acceptors (Lipinski definition) is 7. The van der Waals surface area contributed by atoms with E-state index in [4.69, 9.17) is 22.1 Å². The number of nitrogens with two attached hydrogens (primary N) is 1. The van der Waals surface area contributed by atoms with Crippen LogP contribution in [0.2, 0.25) is 5.15 Å². The Kier molecular flexibility index (Phi) is 5.71. The van der Waals surface area contributed by atoms with E-state index < -0.39 is 0 Å². The molecule has 1 unspecified atom stereocenters. The second kappa shape index (κ2) is 8.39. The van der Waals surface area contributed by atoms with Gasteiger partial charge in [0.05, 0.1) is 5.69 Å². The number of halogens is 1. The fourth-order valence-corrected chi connectivity index (χ4v) is 4.08. The van der Waals surface area contributed by atoms with E-state index >= 15 is 0 Å². The van der Waals surface area contributed by atoms with E-state index in [1.54, 1.807) is 6.07 Å². The maximum absolute atomic E-state index is 6.06. The van der Waals surface area contributed by atoms with Crippen LogP contribution in [0.1, 0.15) is 39.0 Å². The summed E-state index contributed by atoms with van der Waals surface area (Å²) in [6, 6.07) is 6.32. The minimum atomic E-state index is 0.333. The molecule has 2 fully saturated rings. The highest BCUT2D eigenvalue weighted by molar-refractivity contribution is 6.29. The number of nitrogens with zero attached hydrogens (tertiary/aromatic N) is 5. The first-order valence-corrected chi connectivity index (χ1v) is 10.4. The molecular weight excluding hydrogens is 376 g/mol. The van der Waals surface area contributed by atoms with Crippen LogP contribution in [0.5, 0.6) is 5.88 Å². The van der Waals surface area contributed by atoms with Gasteiger partial charge in [-0.2, -0.15) is 0 Å². The second-order valence-corrected chi connectivity index (χ2v) is 7.88. The lowest BCUT2D eigenvalue weighted by Gasteiger charge is -2.33. The number of hydrogen-bond donors (Lipinski definition) is 1. The first-order chi connectivity index (χ1) is 13.6. The highest BCUT2D eigenvalue weighted by atomic mass is 35.5. The van der Waals surface area contributed by atoms with E-state index in [-0.39, 0.29) is 0 Å². The molecule has 1 atom stereocenters. The van der Waals surface area contributed by atoms with Crippen molar-refractivity contribution in [3.8, 4) is 5.88 Å². The zero-order chi connectivity index (χ0) is 19.5. The zero-order valence-electron chi connectivity index (χ0n) is 16.2. The standard InChI is InChI=1S/C20H27ClN6O/c1-2-26(17-12-18(21)24-25-20(17)22)13-15-5-4-10-27(15)14-8-9-23-19(11-14)28-16-6-3-7-16/h8-9,11-12,15-16H,2-7,10,13H2,1H3,(H2,22,25). The Bertz CT molecular complexity index is 815. The second-order valence-electron chi connectivity index (χ2n) is 7.49. The van der Waals surface area contributed by atoms with Crippen molar-refractivity contribution in [2.45, 2.75) is 51.2 Å². The Morgan fingerprint density at radius 3 is 2.86 bits per heavy atom. The number of anilines is 3. The summed E-state index contributed by atoms with van der Waals surface area (Å²) < 4.78 is 5.99. The van der Waals surface area contributed by atoms with Crippen LogP contribution < -0.4 is 20.3 Å². The number of rotatable bonds is 7. The van der Waals surface area contributed by atoms with Gasteiger partial charge >= 0.3 is 0 Å². The van der Waals surface area contributed by atoms with Crippen molar-refractivity contribution in [3.05, 3.63) is 29.5 Å². The molecule has 1 saturated carbocycles. The highest BCUT2D eigenvalue weighted by Crippen LogP contribution is 2.31. The minimum absolute atomic E-state index is 0.333. The first kappa shape index (κ1) is 19.1. The summed E-state index contributed by atoms with van der Waals surface area (Å²) in [5.41, 5.74) is 8.07. The predicted octanol–water partition coefficient (Wildman–Crippen LogP) is 3.53. The lowest BCUT2D eigenvalue weighted by Crippen LogP contribution is -2.41. The Hall–Kier alpha value is -2.28. The van der Waals surface area contributed by atoms with Gasteiger partial charge in [0.2, 0.25) is 5.88 Å². The normalized spacial score (nSPS) is 19.5. The SMILES string of the molecule is CCN(CC1CCCN1c1ccnc(OC2CCC2)c1)c1cc(Cl)nnc1N. The van der Waals surface area contributed by atoms with Gasteiger partial charge in [0.15, 0.2) is 11.0 Å². The molecule has 0 spiro atoms. The Labute approximate surface area is 170 Å². The maximum atomic E-state index is 6.06. The molecule has 0 amide bonds. The largest absolute Gasteiger partial charge is 0.474 e. The summed E-state index contributed by atoms with van der Waals surface area (Å²) in [6.45, 7) is 4.82. The van der Waals surface area contributed by atoms with Crippen LogP contribution in [0.15, 0.2) is 24.4 Å². The summed E-state index contributed by atoms with van der Waals surface area (Å²) in [5, 5.41) is 8.15. The number of nitrogen functional groups attached to an aromatic ring is 1. The van der Waals surface area contributed by atoms with Gasteiger partial charge in [-0.25, -0.2) is 4.98 Å². The average Bonchev–Trinajstić information content (AvgIpc) is 3.13. The van der Waals surface area contributed by atoms with Crippen molar-refractivity contribution in [3.63, 3.8) is 0 Å². The molecular formula is C20H27ClN6O. The van der Waals surface area contributed by atoms with Crippen molar-refractivity contribution in [2.24, 2.45) is 0 Å². The number of ether oxygens (including phenoxy) is 1.